The van der Waals surface area contributed by atoms with Gasteiger partial charge in [-0.05, 0) is 43.5 Å². The van der Waals surface area contributed by atoms with Gasteiger partial charge in [0.1, 0.15) is 17.5 Å². The van der Waals surface area contributed by atoms with Crippen LogP contribution in [-0.4, -0.2) is 22.2 Å². The molecule has 0 fully saturated rings. The van der Waals surface area contributed by atoms with Crippen LogP contribution in [0, 0.1) is 13.8 Å². The van der Waals surface area contributed by atoms with Crippen LogP contribution in [0.5, 0.6) is 11.5 Å². The zero-order chi connectivity index (χ0) is 21.4. The Labute approximate surface area is 185 Å². The van der Waals surface area contributed by atoms with Gasteiger partial charge in [0.05, 0.1) is 11.6 Å². The summed E-state index contributed by atoms with van der Waals surface area (Å²) < 4.78 is 8.04. The van der Waals surface area contributed by atoms with E-state index in [9.17, 15) is 4.79 Å². The number of aryl methyl sites for hydroxylation is 2. The van der Waals surface area contributed by atoms with Crippen LogP contribution in [0.1, 0.15) is 39.4 Å². The first-order chi connectivity index (χ1) is 15.1. The number of thiophene rings is 1. The van der Waals surface area contributed by atoms with E-state index < -0.39 is 5.92 Å². The average molecular weight is 430 g/mol. The van der Waals surface area contributed by atoms with Crippen molar-refractivity contribution >= 4 is 17.2 Å². The number of aromatic nitrogens is 2. The molecule has 0 radical (unpaired) electrons. The molecule has 1 aliphatic heterocycles. The molecular formula is C25H23N3O2S. The summed E-state index contributed by atoms with van der Waals surface area (Å²) in [5.74, 6) is 1.02. The second-order valence-corrected chi connectivity index (χ2v) is 8.74. The summed E-state index contributed by atoms with van der Waals surface area (Å²) in [6.45, 7) is 4.50. The standard InChI is InChI=1S/C25H23N3O2S/c1-16-14-17(2)28(27-16)20(23-12-7-13-31-23)15-26-25(29)24-18-8-3-5-10-21(18)30-22-11-6-4-9-19(22)24/h3-14,20,24H,15H2,1-2H3,(H,26,29). The van der Waals surface area contributed by atoms with E-state index in [1.54, 1.807) is 11.3 Å². The Kier molecular flexibility index (Phi) is 5.08. The number of benzene rings is 2. The quantitative estimate of drug-likeness (QED) is 0.474. The summed E-state index contributed by atoms with van der Waals surface area (Å²) >= 11 is 1.68. The lowest BCUT2D eigenvalue weighted by atomic mass is 9.87. The highest BCUT2D eigenvalue weighted by atomic mass is 32.1. The number of ether oxygens (including phenoxy) is 1. The number of rotatable bonds is 5. The molecule has 0 spiro atoms. The molecule has 1 amide bonds. The van der Waals surface area contributed by atoms with Crippen LogP contribution in [0.2, 0.25) is 0 Å². The summed E-state index contributed by atoms with van der Waals surface area (Å²) in [4.78, 5) is 14.7. The molecule has 0 saturated heterocycles. The van der Waals surface area contributed by atoms with Gasteiger partial charge < -0.3 is 10.1 Å². The molecule has 1 unspecified atom stereocenters. The van der Waals surface area contributed by atoms with Gasteiger partial charge >= 0.3 is 0 Å². The molecule has 1 N–H and O–H groups in total. The zero-order valence-corrected chi connectivity index (χ0v) is 18.2. The number of nitrogens with one attached hydrogen (secondary N) is 1. The fraction of sp³-hybridized carbons (Fsp3) is 0.200. The Morgan fingerprint density at radius 1 is 1.06 bits per heavy atom. The fourth-order valence-corrected chi connectivity index (χ4v) is 5.05. The van der Waals surface area contributed by atoms with Gasteiger partial charge in [0.25, 0.3) is 0 Å². The van der Waals surface area contributed by atoms with Gasteiger partial charge in [-0.1, -0.05) is 42.5 Å². The molecule has 4 aromatic rings. The van der Waals surface area contributed by atoms with Crippen molar-refractivity contribution in [3.8, 4) is 11.5 Å². The summed E-state index contributed by atoms with van der Waals surface area (Å²) in [5.41, 5.74) is 3.82. The maximum atomic E-state index is 13.5. The van der Waals surface area contributed by atoms with Crippen LogP contribution in [0.25, 0.3) is 0 Å². The molecule has 1 atom stereocenters. The first-order valence-electron chi connectivity index (χ1n) is 10.3. The van der Waals surface area contributed by atoms with Crippen molar-refractivity contribution in [2.75, 3.05) is 6.54 Å². The molecule has 2 aromatic heterocycles. The third-order valence-electron chi connectivity index (χ3n) is 5.62. The minimum atomic E-state index is -0.411. The van der Waals surface area contributed by atoms with E-state index in [0.717, 1.165) is 34.0 Å². The summed E-state index contributed by atoms with van der Waals surface area (Å²) in [6, 6.07) is 21.6. The lowest BCUT2D eigenvalue weighted by Crippen LogP contribution is -2.36. The van der Waals surface area contributed by atoms with Gasteiger partial charge in [0, 0.05) is 28.2 Å². The van der Waals surface area contributed by atoms with Crippen molar-refractivity contribution in [2.24, 2.45) is 0 Å². The number of hydrogen-bond acceptors (Lipinski definition) is 4. The number of para-hydroxylation sites is 2. The van der Waals surface area contributed by atoms with Crippen LogP contribution in [0.3, 0.4) is 0 Å². The molecule has 5 rings (SSSR count). The molecule has 0 aliphatic carbocycles. The number of fused-ring (bicyclic) bond motifs is 2. The highest BCUT2D eigenvalue weighted by molar-refractivity contribution is 7.10. The topological polar surface area (TPSA) is 56.2 Å². The van der Waals surface area contributed by atoms with Gasteiger partial charge in [-0.25, -0.2) is 0 Å². The van der Waals surface area contributed by atoms with E-state index in [1.165, 1.54) is 4.88 Å². The van der Waals surface area contributed by atoms with E-state index >= 15 is 0 Å². The Morgan fingerprint density at radius 3 is 2.32 bits per heavy atom. The van der Waals surface area contributed by atoms with Gasteiger partial charge in [-0.15, -0.1) is 11.3 Å². The number of amides is 1. The monoisotopic (exact) mass is 429 g/mol. The molecular weight excluding hydrogens is 406 g/mol. The SMILES string of the molecule is Cc1cc(C)n(C(CNC(=O)C2c3ccccc3Oc3ccccc32)c2cccs2)n1. The Balaban J connectivity index is 1.45. The molecule has 2 aromatic carbocycles. The van der Waals surface area contributed by atoms with E-state index in [0.29, 0.717) is 6.54 Å². The van der Waals surface area contributed by atoms with E-state index in [2.05, 4.69) is 27.9 Å². The summed E-state index contributed by atoms with van der Waals surface area (Å²) in [6.07, 6.45) is 0. The maximum absolute atomic E-state index is 13.5. The van der Waals surface area contributed by atoms with Crippen molar-refractivity contribution < 1.29 is 9.53 Å². The number of carbonyl (C=O) groups excluding carboxylic acids is 1. The molecule has 5 nitrogen and oxygen atoms in total. The minimum absolute atomic E-state index is 0.0358. The normalized spacial score (nSPS) is 13.7. The van der Waals surface area contributed by atoms with Crippen LogP contribution in [-0.2, 0) is 4.79 Å². The van der Waals surface area contributed by atoms with Gasteiger partial charge in [-0.2, -0.15) is 5.10 Å². The Hall–Kier alpha value is -3.38. The highest BCUT2D eigenvalue weighted by Gasteiger charge is 2.33. The third-order valence-corrected chi connectivity index (χ3v) is 6.60. The van der Waals surface area contributed by atoms with Gasteiger partial charge in [0.15, 0.2) is 0 Å². The van der Waals surface area contributed by atoms with Crippen molar-refractivity contribution in [1.82, 2.24) is 15.1 Å². The number of carbonyl (C=O) groups is 1. The molecule has 1 aliphatic rings. The van der Waals surface area contributed by atoms with Crippen LogP contribution in [0.15, 0.2) is 72.1 Å². The molecule has 3 heterocycles. The lowest BCUT2D eigenvalue weighted by molar-refractivity contribution is -0.121. The smallest absolute Gasteiger partial charge is 0.232 e. The molecule has 0 saturated carbocycles. The zero-order valence-electron chi connectivity index (χ0n) is 17.4. The lowest BCUT2D eigenvalue weighted by Gasteiger charge is -2.28. The van der Waals surface area contributed by atoms with Crippen LogP contribution < -0.4 is 10.1 Å². The third kappa shape index (κ3) is 3.64. The van der Waals surface area contributed by atoms with Crippen molar-refractivity contribution in [3.63, 3.8) is 0 Å². The Morgan fingerprint density at radius 2 is 1.74 bits per heavy atom. The van der Waals surface area contributed by atoms with E-state index in [4.69, 9.17) is 4.74 Å². The largest absolute Gasteiger partial charge is 0.457 e. The predicted molar refractivity (Wildman–Crippen MR) is 122 cm³/mol. The van der Waals surface area contributed by atoms with Crippen LogP contribution >= 0.6 is 11.3 Å². The number of hydrogen-bond donors (Lipinski definition) is 1. The summed E-state index contributed by atoms with van der Waals surface area (Å²) in [7, 11) is 0. The first kappa shape index (κ1) is 19.6. The van der Waals surface area contributed by atoms with Crippen molar-refractivity contribution in [1.29, 1.82) is 0 Å². The molecule has 156 valence electrons. The van der Waals surface area contributed by atoms with Crippen molar-refractivity contribution in [3.05, 3.63) is 99.5 Å². The second-order valence-electron chi connectivity index (χ2n) is 7.76. The maximum Gasteiger partial charge on any atom is 0.232 e. The predicted octanol–water partition coefficient (Wildman–Crippen LogP) is 5.20. The molecule has 31 heavy (non-hydrogen) atoms. The van der Waals surface area contributed by atoms with Crippen LogP contribution in [0.4, 0.5) is 0 Å². The second kappa shape index (κ2) is 8.04. The fourth-order valence-electron chi connectivity index (χ4n) is 4.24. The summed E-state index contributed by atoms with van der Waals surface area (Å²) in [5, 5.41) is 9.95. The molecule has 0 bridgehead atoms. The average Bonchev–Trinajstić information content (AvgIpc) is 3.42. The number of nitrogens with zero attached hydrogens (tertiary/aromatic N) is 2. The molecule has 6 heteroatoms. The first-order valence-corrected chi connectivity index (χ1v) is 11.2. The van der Waals surface area contributed by atoms with Gasteiger partial charge in [-0.3, -0.25) is 9.48 Å². The van der Waals surface area contributed by atoms with E-state index in [-0.39, 0.29) is 11.9 Å². The van der Waals surface area contributed by atoms with E-state index in [1.807, 2.05) is 73.1 Å². The highest BCUT2D eigenvalue weighted by Crippen LogP contribution is 2.44. The van der Waals surface area contributed by atoms with Gasteiger partial charge in [0.2, 0.25) is 5.91 Å². The Bertz CT molecular complexity index is 1180. The van der Waals surface area contributed by atoms with Crippen molar-refractivity contribution in [2.45, 2.75) is 25.8 Å². The minimum Gasteiger partial charge on any atom is -0.457 e.